The van der Waals surface area contributed by atoms with E-state index in [4.69, 9.17) is 0 Å². The Hall–Kier alpha value is -1.81. The summed E-state index contributed by atoms with van der Waals surface area (Å²) < 4.78 is 0. The molecule has 1 heterocycles. The SMILES string of the molecule is O=C(Cc1ccc(S)cc1)NCc1ccncc1. The van der Waals surface area contributed by atoms with Crippen molar-refractivity contribution in [2.75, 3.05) is 0 Å². The molecule has 0 saturated heterocycles. The van der Waals surface area contributed by atoms with Gasteiger partial charge >= 0.3 is 0 Å². The maximum atomic E-state index is 11.7. The highest BCUT2D eigenvalue weighted by Gasteiger charge is 2.02. The van der Waals surface area contributed by atoms with Gasteiger partial charge in [0.1, 0.15) is 0 Å². The Morgan fingerprint density at radius 2 is 1.72 bits per heavy atom. The van der Waals surface area contributed by atoms with Gasteiger partial charge in [0.05, 0.1) is 6.42 Å². The number of hydrogen-bond acceptors (Lipinski definition) is 3. The predicted molar refractivity (Wildman–Crippen MR) is 73.5 cm³/mol. The Bertz CT molecular complexity index is 511. The average Bonchev–Trinajstić information content (AvgIpc) is 2.40. The number of thiol groups is 1. The van der Waals surface area contributed by atoms with Crippen LogP contribution in [-0.2, 0) is 17.8 Å². The number of carbonyl (C=O) groups is 1. The second-order valence-corrected chi connectivity index (χ2v) is 4.49. The van der Waals surface area contributed by atoms with Crippen molar-refractivity contribution in [2.45, 2.75) is 17.9 Å². The molecule has 1 aromatic heterocycles. The maximum absolute atomic E-state index is 11.7. The van der Waals surface area contributed by atoms with Crippen molar-refractivity contribution in [1.82, 2.24) is 10.3 Å². The van der Waals surface area contributed by atoms with E-state index in [2.05, 4.69) is 22.9 Å². The van der Waals surface area contributed by atoms with Gasteiger partial charge in [-0.1, -0.05) is 12.1 Å². The molecule has 0 bridgehead atoms. The number of nitrogens with one attached hydrogen (secondary N) is 1. The van der Waals surface area contributed by atoms with Crippen LogP contribution < -0.4 is 5.32 Å². The second kappa shape index (κ2) is 6.21. The van der Waals surface area contributed by atoms with Crippen LogP contribution in [0.25, 0.3) is 0 Å². The molecule has 0 aliphatic carbocycles. The largest absolute Gasteiger partial charge is 0.352 e. The second-order valence-electron chi connectivity index (χ2n) is 3.98. The summed E-state index contributed by atoms with van der Waals surface area (Å²) in [5.41, 5.74) is 2.03. The van der Waals surface area contributed by atoms with Gasteiger partial charge in [0.25, 0.3) is 0 Å². The van der Waals surface area contributed by atoms with E-state index in [9.17, 15) is 4.79 Å². The van der Waals surface area contributed by atoms with Crippen LogP contribution in [0.1, 0.15) is 11.1 Å². The predicted octanol–water partition coefficient (Wildman–Crippen LogP) is 2.23. The zero-order valence-corrected chi connectivity index (χ0v) is 10.7. The third-order valence-corrected chi connectivity index (χ3v) is 2.84. The molecule has 3 nitrogen and oxygen atoms in total. The smallest absolute Gasteiger partial charge is 0.224 e. The normalized spacial score (nSPS) is 10.1. The molecular weight excluding hydrogens is 244 g/mol. The van der Waals surface area contributed by atoms with Crippen LogP contribution in [0.3, 0.4) is 0 Å². The number of carbonyl (C=O) groups excluding carboxylic acids is 1. The van der Waals surface area contributed by atoms with Crippen LogP contribution in [0, 0.1) is 0 Å². The van der Waals surface area contributed by atoms with Gasteiger partial charge in [-0.2, -0.15) is 0 Å². The summed E-state index contributed by atoms with van der Waals surface area (Å²) in [7, 11) is 0. The topological polar surface area (TPSA) is 42.0 Å². The number of hydrogen-bond donors (Lipinski definition) is 2. The fourth-order valence-electron chi connectivity index (χ4n) is 1.56. The molecule has 18 heavy (non-hydrogen) atoms. The van der Waals surface area contributed by atoms with Crippen molar-refractivity contribution in [3.63, 3.8) is 0 Å². The molecule has 1 amide bonds. The molecule has 0 fully saturated rings. The molecule has 2 rings (SSSR count). The van der Waals surface area contributed by atoms with E-state index in [1.54, 1.807) is 12.4 Å². The molecule has 1 aromatic carbocycles. The molecule has 0 atom stereocenters. The average molecular weight is 258 g/mol. The van der Waals surface area contributed by atoms with Gasteiger partial charge in [-0.05, 0) is 35.4 Å². The summed E-state index contributed by atoms with van der Waals surface area (Å²) in [6, 6.07) is 11.4. The lowest BCUT2D eigenvalue weighted by molar-refractivity contribution is -0.120. The number of pyridine rings is 1. The zero-order valence-electron chi connectivity index (χ0n) is 9.84. The summed E-state index contributed by atoms with van der Waals surface area (Å²) >= 11 is 4.20. The van der Waals surface area contributed by atoms with E-state index in [0.717, 1.165) is 16.0 Å². The number of nitrogens with zero attached hydrogens (tertiary/aromatic N) is 1. The van der Waals surface area contributed by atoms with E-state index in [1.807, 2.05) is 36.4 Å². The van der Waals surface area contributed by atoms with Gasteiger partial charge in [0.15, 0.2) is 0 Å². The van der Waals surface area contributed by atoms with Crippen molar-refractivity contribution in [1.29, 1.82) is 0 Å². The molecule has 92 valence electrons. The van der Waals surface area contributed by atoms with Crippen LogP contribution in [-0.4, -0.2) is 10.9 Å². The lowest BCUT2D eigenvalue weighted by atomic mass is 10.1. The number of rotatable bonds is 4. The molecule has 0 radical (unpaired) electrons. The Labute approximate surface area is 112 Å². The van der Waals surface area contributed by atoms with Crippen LogP contribution in [0.5, 0.6) is 0 Å². The third kappa shape index (κ3) is 3.89. The van der Waals surface area contributed by atoms with E-state index in [-0.39, 0.29) is 5.91 Å². The molecule has 0 unspecified atom stereocenters. The van der Waals surface area contributed by atoms with Crippen molar-refractivity contribution >= 4 is 18.5 Å². The Morgan fingerprint density at radius 3 is 2.39 bits per heavy atom. The Morgan fingerprint density at radius 1 is 1.06 bits per heavy atom. The minimum absolute atomic E-state index is 0.0127. The van der Waals surface area contributed by atoms with Gasteiger partial charge in [0, 0.05) is 23.8 Å². The monoisotopic (exact) mass is 258 g/mol. The Kier molecular flexibility index (Phi) is 4.36. The standard InChI is InChI=1S/C14H14N2OS/c17-14(9-11-1-3-13(18)4-2-11)16-10-12-5-7-15-8-6-12/h1-8,18H,9-10H2,(H,16,17). The minimum atomic E-state index is 0.0127. The van der Waals surface area contributed by atoms with Gasteiger partial charge in [-0.15, -0.1) is 12.6 Å². The van der Waals surface area contributed by atoms with Crippen LogP contribution in [0.15, 0.2) is 53.7 Å². The van der Waals surface area contributed by atoms with E-state index in [0.29, 0.717) is 13.0 Å². The molecule has 0 spiro atoms. The summed E-state index contributed by atoms with van der Waals surface area (Å²) in [6.45, 7) is 0.534. The van der Waals surface area contributed by atoms with Crippen molar-refractivity contribution < 1.29 is 4.79 Å². The summed E-state index contributed by atoms with van der Waals surface area (Å²) in [5, 5.41) is 2.88. The quantitative estimate of drug-likeness (QED) is 0.826. The highest BCUT2D eigenvalue weighted by atomic mass is 32.1. The van der Waals surface area contributed by atoms with E-state index < -0.39 is 0 Å². The highest BCUT2D eigenvalue weighted by molar-refractivity contribution is 7.80. The first-order valence-electron chi connectivity index (χ1n) is 5.67. The molecule has 0 aliphatic heterocycles. The first-order chi connectivity index (χ1) is 8.74. The number of amides is 1. The molecule has 2 aromatic rings. The fourth-order valence-corrected chi connectivity index (χ4v) is 1.71. The van der Waals surface area contributed by atoms with Gasteiger partial charge in [-0.25, -0.2) is 0 Å². The van der Waals surface area contributed by atoms with Gasteiger partial charge < -0.3 is 5.32 Å². The van der Waals surface area contributed by atoms with Gasteiger partial charge in [-0.3, -0.25) is 9.78 Å². The van der Waals surface area contributed by atoms with Crippen LogP contribution in [0.2, 0.25) is 0 Å². The third-order valence-electron chi connectivity index (χ3n) is 2.54. The Balaban J connectivity index is 1.84. The van der Waals surface area contributed by atoms with E-state index >= 15 is 0 Å². The highest BCUT2D eigenvalue weighted by Crippen LogP contribution is 2.08. The fraction of sp³-hybridized carbons (Fsp3) is 0.143. The maximum Gasteiger partial charge on any atom is 0.224 e. The molecule has 4 heteroatoms. The van der Waals surface area contributed by atoms with Crippen molar-refractivity contribution in [2.24, 2.45) is 0 Å². The summed E-state index contributed by atoms with van der Waals surface area (Å²) in [6.07, 6.45) is 3.82. The first-order valence-corrected chi connectivity index (χ1v) is 6.12. The van der Waals surface area contributed by atoms with E-state index in [1.165, 1.54) is 0 Å². The zero-order chi connectivity index (χ0) is 12.8. The van der Waals surface area contributed by atoms with Crippen molar-refractivity contribution in [3.8, 4) is 0 Å². The first kappa shape index (κ1) is 12.6. The lowest BCUT2D eigenvalue weighted by Gasteiger charge is -2.05. The minimum Gasteiger partial charge on any atom is -0.352 e. The number of aromatic nitrogens is 1. The molecule has 1 N–H and O–H groups in total. The lowest BCUT2D eigenvalue weighted by Crippen LogP contribution is -2.24. The van der Waals surface area contributed by atoms with Crippen LogP contribution >= 0.6 is 12.6 Å². The van der Waals surface area contributed by atoms with Gasteiger partial charge in [0.2, 0.25) is 5.91 Å². The molecular formula is C14H14N2OS. The molecule has 0 aliphatic rings. The van der Waals surface area contributed by atoms with Crippen molar-refractivity contribution in [3.05, 3.63) is 59.9 Å². The summed E-state index contributed by atoms with van der Waals surface area (Å²) in [5.74, 6) is 0.0127. The number of benzene rings is 1. The summed E-state index contributed by atoms with van der Waals surface area (Å²) in [4.78, 5) is 16.6. The molecule has 0 saturated carbocycles. The van der Waals surface area contributed by atoms with Crippen LogP contribution in [0.4, 0.5) is 0 Å².